The fourth-order valence-corrected chi connectivity index (χ4v) is 2.79. The van der Waals surface area contributed by atoms with E-state index in [9.17, 15) is 22.8 Å². The molecular weight excluding hydrogens is 349 g/mol. The van der Waals surface area contributed by atoms with E-state index in [2.05, 4.69) is 0 Å². The number of aromatic carboxylic acids is 1. The summed E-state index contributed by atoms with van der Waals surface area (Å²) in [6.07, 6.45) is 0. The van der Waals surface area contributed by atoms with E-state index < -0.39 is 23.7 Å². The molecule has 26 heavy (non-hydrogen) atoms. The molecule has 1 aliphatic heterocycles. The van der Waals surface area contributed by atoms with E-state index in [-0.39, 0.29) is 29.9 Å². The number of halogens is 3. The summed E-state index contributed by atoms with van der Waals surface area (Å²) in [6, 6.07) is 7.92. The lowest BCUT2D eigenvalue weighted by Gasteiger charge is -2.20. The Morgan fingerprint density at radius 3 is 2.27 bits per heavy atom. The molecule has 1 N–H and O–H groups in total. The van der Waals surface area contributed by atoms with Crippen LogP contribution in [0.2, 0.25) is 0 Å². The van der Waals surface area contributed by atoms with Crippen molar-refractivity contribution in [2.24, 2.45) is 0 Å². The van der Waals surface area contributed by atoms with E-state index in [1.165, 1.54) is 29.2 Å². The van der Waals surface area contributed by atoms with Gasteiger partial charge in [-0.1, -0.05) is 12.1 Å². The summed E-state index contributed by atoms with van der Waals surface area (Å²) in [6.45, 7) is 1.14. The second-order valence-corrected chi connectivity index (χ2v) is 5.99. The molecule has 0 aromatic heterocycles. The summed E-state index contributed by atoms with van der Waals surface area (Å²) >= 11 is 0. The molecule has 136 valence electrons. The predicted molar refractivity (Wildman–Crippen MR) is 89.5 cm³/mol. The number of rotatable bonds is 4. The summed E-state index contributed by atoms with van der Waals surface area (Å²) in [4.78, 5) is 26.1. The van der Waals surface area contributed by atoms with Crippen LogP contribution in [0.3, 0.4) is 0 Å². The molecule has 0 aliphatic carbocycles. The molecule has 8 heteroatoms. The van der Waals surface area contributed by atoms with Crippen LogP contribution in [-0.2, 0) is 5.92 Å². The third-order valence-corrected chi connectivity index (χ3v) is 4.18. The lowest BCUT2D eigenvalue weighted by atomic mass is 10.1. The second-order valence-electron chi connectivity index (χ2n) is 5.99. The van der Waals surface area contributed by atoms with E-state index in [1.807, 2.05) is 0 Å². The van der Waals surface area contributed by atoms with Gasteiger partial charge in [-0.2, -0.15) is 0 Å². The first-order valence-electron chi connectivity index (χ1n) is 7.79. The Balaban J connectivity index is 1.87. The molecule has 0 atom stereocenters. The Morgan fingerprint density at radius 1 is 1.08 bits per heavy atom. The Bertz CT molecular complexity index is 863. The van der Waals surface area contributed by atoms with Crippen LogP contribution in [0.4, 0.5) is 29.3 Å². The molecule has 1 heterocycles. The molecule has 0 saturated carbocycles. The number of amides is 2. The van der Waals surface area contributed by atoms with Crippen molar-refractivity contribution in [1.29, 1.82) is 0 Å². The number of alkyl halides is 2. The van der Waals surface area contributed by atoms with Gasteiger partial charge in [-0.05, 0) is 30.3 Å². The Morgan fingerprint density at radius 2 is 1.69 bits per heavy atom. The molecule has 0 radical (unpaired) electrons. The molecule has 1 fully saturated rings. The number of urea groups is 1. The summed E-state index contributed by atoms with van der Waals surface area (Å²) in [5.74, 6) is -4.93. The quantitative estimate of drug-likeness (QED) is 0.889. The van der Waals surface area contributed by atoms with E-state index >= 15 is 0 Å². The third-order valence-electron chi connectivity index (χ3n) is 4.18. The maximum absolute atomic E-state index is 14.1. The molecule has 0 bridgehead atoms. The number of nitrogens with zero attached hydrogens (tertiary/aromatic N) is 2. The van der Waals surface area contributed by atoms with E-state index in [4.69, 9.17) is 5.11 Å². The monoisotopic (exact) mass is 364 g/mol. The Labute approximate surface area is 147 Å². The van der Waals surface area contributed by atoms with Crippen LogP contribution in [0.1, 0.15) is 22.8 Å². The smallest absolute Gasteiger partial charge is 0.335 e. The van der Waals surface area contributed by atoms with Gasteiger partial charge in [0, 0.05) is 31.3 Å². The average molecular weight is 364 g/mol. The lowest BCUT2D eigenvalue weighted by Crippen LogP contribution is -2.32. The van der Waals surface area contributed by atoms with Crippen molar-refractivity contribution < 1.29 is 27.9 Å². The van der Waals surface area contributed by atoms with Crippen molar-refractivity contribution in [2.75, 3.05) is 22.9 Å². The van der Waals surface area contributed by atoms with Crippen LogP contribution >= 0.6 is 0 Å². The van der Waals surface area contributed by atoms with Crippen LogP contribution in [0.5, 0.6) is 0 Å². The fraction of sp³-hybridized carbons (Fsp3) is 0.222. The van der Waals surface area contributed by atoms with Crippen LogP contribution in [0, 0.1) is 5.82 Å². The van der Waals surface area contributed by atoms with Gasteiger partial charge in [-0.25, -0.2) is 22.8 Å². The molecule has 3 rings (SSSR count). The summed E-state index contributed by atoms with van der Waals surface area (Å²) in [5.41, 5.74) is -0.0402. The molecule has 2 aromatic carbocycles. The third kappa shape index (κ3) is 3.22. The zero-order chi connectivity index (χ0) is 19.1. The number of hydrogen-bond donors (Lipinski definition) is 1. The SMILES string of the molecule is CC(F)(F)c1ccc(N2CCN(c3cc(C(=O)O)ccc3F)C2=O)cc1. The molecule has 2 amide bonds. The maximum atomic E-state index is 14.1. The van der Waals surface area contributed by atoms with Crippen LogP contribution in [0.15, 0.2) is 42.5 Å². The summed E-state index contributed by atoms with van der Waals surface area (Å²) in [7, 11) is 0. The van der Waals surface area contributed by atoms with Gasteiger partial charge in [0.2, 0.25) is 0 Å². The zero-order valence-corrected chi connectivity index (χ0v) is 13.7. The van der Waals surface area contributed by atoms with Crippen molar-refractivity contribution in [3.8, 4) is 0 Å². The second kappa shape index (κ2) is 6.36. The highest BCUT2D eigenvalue weighted by Gasteiger charge is 2.33. The largest absolute Gasteiger partial charge is 0.478 e. The van der Waals surface area contributed by atoms with E-state index in [0.29, 0.717) is 5.69 Å². The first-order valence-corrected chi connectivity index (χ1v) is 7.79. The van der Waals surface area contributed by atoms with Crippen LogP contribution < -0.4 is 9.80 Å². The minimum absolute atomic E-state index is 0.130. The summed E-state index contributed by atoms with van der Waals surface area (Å²) < 4.78 is 40.7. The zero-order valence-electron chi connectivity index (χ0n) is 13.7. The van der Waals surface area contributed by atoms with Crippen LogP contribution in [-0.4, -0.2) is 30.2 Å². The highest BCUT2D eigenvalue weighted by molar-refractivity contribution is 6.06. The van der Waals surface area contributed by atoms with Crippen molar-refractivity contribution in [2.45, 2.75) is 12.8 Å². The minimum Gasteiger partial charge on any atom is -0.478 e. The standard InChI is InChI=1S/C18H15F3N2O3/c1-18(20,21)12-3-5-13(6-4-12)22-8-9-23(17(22)26)15-10-11(16(24)25)2-7-14(15)19/h2-7,10H,8-9H2,1H3,(H,24,25). The average Bonchev–Trinajstić information content (AvgIpc) is 2.96. The van der Waals surface area contributed by atoms with Crippen molar-refractivity contribution in [1.82, 2.24) is 0 Å². The lowest BCUT2D eigenvalue weighted by molar-refractivity contribution is 0.0175. The molecule has 0 unspecified atom stereocenters. The Hall–Kier alpha value is -3.03. The summed E-state index contributed by atoms with van der Waals surface area (Å²) in [5, 5.41) is 9.03. The topological polar surface area (TPSA) is 60.9 Å². The Kier molecular flexibility index (Phi) is 4.35. The minimum atomic E-state index is -2.99. The number of benzene rings is 2. The van der Waals surface area contributed by atoms with Crippen molar-refractivity contribution in [3.63, 3.8) is 0 Å². The molecule has 1 aliphatic rings. The first kappa shape index (κ1) is 17.8. The number of carbonyl (C=O) groups is 2. The van der Waals surface area contributed by atoms with Crippen molar-refractivity contribution >= 4 is 23.4 Å². The van der Waals surface area contributed by atoms with Gasteiger partial charge in [-0.3, -0.25) is 9.80 Å². The van der Waals surface area contributed by atoms with Gasteiger partial charge >= 0.3 is 12.0 Å². The van der Waals surface area contributed by atoms with Crippen molar-refractivity contribution in [3.05, 3.63) is 59.4 Å². The van der Waals surface area contributed by atoms with Crippen LogP contribution in [0.25, 0.3) is 0 Å². The van der Waals surface area contributed by atoms with Gasteiger partial charge in [-0.15, -0.1) is 0 Å². The molecule has 0 spiro atoms. The van der Waals surface area contributed by atoms with Gasteiger partial charge in [0.25, 0.3) is 5.92 Å². The molecule has 1 saturated heterocycles. The highest BCUT2D eigenvalue weighted by atomic mass is 19.3. The maximum Gasteiger partial charge on any atom is 0.335 e. The van der Waals surface area contributed by atoms with Gasteiger partial charge < -0.3 is 5.11 Å². The number of carbonyl (C=O) groups excluding carboxylic acids is 1. The molecule has 2 aromatic rings. The molecule has 5 nitrogen and oxygen atoms in total. The number of hydrogen-bond acceptors (Lipinski definition) is 2. The predicted octanol–water partition coefficient (Wildman–Crippen LogP) is 4.08. The van der Waals surface area contributed by atoms with E-state index in [1.54, 1.807) is 0 Å². The molecular formula is C18H15F3N2O3. The van der Waals surface area contributed by atoms with E-state index in [0.717, 1.165) is 30.0 Å². The fourth-order valence-electron chi connectivity index (χ4n) is 2.79. The number of carboxylic acid groups (broad SMARTS) is 1. The van der Waals surface area contributed by atoms with Gasteiger partial charge in [0.05, 0.1) is 11.3 Å². The normalized spacial score (nSPS) is 14.8. The van der Waals surface area contributed by atoms with Gasteiger partial charge in [0.15, 0.2) is 0 Å². The number of carboxylic acids is 1. The first-order chi connectivity index (χ1) is 12.2. The van der Waals surface area contributed by atoms with Gasteiger partial charge in [0.1, 0.15) is 5.82 Å². The number of anilines is 2. The highest BCUT2D eigenvalue weighted by Crippen LogP contribution is 2.31.